The van der Waals surface area contributed by atoms with Crippen LogP contribution in [0, 0.1) is 13.8 Å². The van der Waals surface area contributed by atoms with Gasteiger partial charge in [-0.15, -0.1) is 0 Å². The van der Waals surface area contributed by atoms with E-state index in [0.29, 0.717) is 0 Å². The zero-order valence-electron chi connectivity index (χ0n) is 12.7. The molecule has 1 unspecified atom stereocenters. The number of hydrogen-bond acceptors (Lipinski definition) is 2. The predicted molar refractivity (Wildman–Crippen MR) is 87.5 cm³/mol. The second kappa shape index (κ2) is 5.70. The molecule has 0 bridgehead atoms. The number of ether oxygens (including phenoxy) is 1. The molecular formula is C18H20ClNO. The number of fused-ring (bicyclic) bond motifs is 1. The van der Waals surface area contributed by atoms with Gasteiger partial charge >= 0.3 is 0 Å². The van der Waals surface area contributed by atoms with Crippen LogP contribution in [-0.4, -0.2) is 13.7 Å². The Labute approximate surface area is 131 Å². The van der Waals surface area contributed by atoms with Crippen molar-refractivity contribution in [1.82, 2.24) is 5.32 Å². The molecule has 1 N–H and O–H groups in total. The zero-order valence-corrected chi connectivity index (χ0v) is 13.4. The lowest BCUT2D eigenvalue weighted by atomic mass is 9.94. The van der Waals surface area contributed by atoms with Gasteiger partial charge in [0.25, 0.3) is 0 Å². The van der Waals surface area contributed by atoms with Gasteiger partial charge in [0, 0.05) is 17.0 Å². The summed E-state index contributed by atoms with van der Waals surface area (Å²) in [5.41, 5.74) is 6.18. The lowest BCUT2D eigenvalue weighted by Crippen LogP contribution is -2.18. The molecule has 0 spiro atoms. The van der Waals surface area contributed by atoms with E-state index in [1.54, 1.807) is 0 Å². The third-order valence-electron chi connectivity index (χ3n) is 4.24. The SMILES string of the molecule is CNC(c1ccc(C)c(C)c1)c1cc(Cl)cc2c1OCC2. The van der Waals surface area contributed by atoms with Gasteiger partial charge < -0.3 is 10.1 Å². The van der Waals surface area contributed by atoms with Crippen molar-refractivity contribution in [2.45, 2.75) is 26.3 Å². The Bertz CT molecular complexity index is 681. The number of hydrogen-bond donors (Lipinski definition) is 1. The Balaban J connectivity index is 2.10. The molecule has 0 saturated carbocycles. The first kappa shape index (κ1) is 14.4. The molecule has 2 aromatic rings. The number of rotatable bonds is 3. The van der Waals surface area contributed by atoms with Gasteiger partial charge in [-0.3, -0.25) is 0 Å². The Morgan fingerprint density at radius 2 is 1.95 bits per heavy atom. The summed E-state index contributed by atoms with van der Waals surface area (Å²) in [5.74, 6) is 0.997. The quantitative estimate of drug-likeness (QED) is 0.917. The summed E-state index contributed by atoms with van der Waals surface area (Å²) in [4.78, 5) is 0. The molecule has 2 aromatic carbocycles. The summed E-state index contributed by atoms with van der Waals surface area (Å²) in [6.07, 6.45) is 0.937. The first-order valence-electron chi connectivity index (χ1n) is 7.29. The topological polar surface area (TPSA) is 21.3 Å². The summed E-state index contributed by atoms with van der Waals surface area (Å²) < 4.78 is 5.84. The molecule has 0 radical (unpaired) electrons. The lowest BCUT2D eigenvalue weighted by molar-refractivity contribution is 0.351. The minimum Gasteiger partial charge on any atom is -0.493 e. The van der Waals surface area contributed by atoms with Crippen molar-refractivity contribution in [3.05, 3.63) is 63.2 Å². The van der Waals surface area contributed by atoms with Crippen LogP contribution in [0.15, 0.2) is 30.3 Å². The van der Waals surface area contributed by atoms with E-state index in [9.17, 15) is 0 Å². The number of halogens is 1. The van der Waals surface area contributed by atoms with Crippen molar-refractivity contribution >= 4 is 11.6 Å². The molecule has 1 heterocycles. The van der Waals surface area contributed by atoms with E-state index in [1.807, 2.05) is 19.2 Å². The fourth-order valence-corrected chi connectivity index (χ4v) is 3.21. The minimum atomic E-state index is 0.0925. The van der Waals surface area contributed by atoms with Crippen LogP contribution in [0.4, 0.5) is 0 Å². The van der Waals surface area contributed by atoms with Gasteiger partial charge in [0.05, 0.1) is 12.6 Å². The van der Waals surface area contributed by atoms with Crippen molar-refractivity contribution in [2.75, 3.05) is 13.7 Å². The highest BCUT2D eigenvalue weighted by molar-refractivity contribution is 6.30. The molecule has 0 aromatic heterocycles. The largest absolute Gasteiger partial charge is 0.493 e. The fraction of sp³-hybridized carbons (Fsp3) is 0.333. The molecule has 0 fully saturated rings. The van der Waals surface area contributed by atoms with E-state index in [1.165, 1.54) is 22.3 Å². The van der Waals surface area contributed by atoms with Crippen LogP contribution in [0.3, 0.4) is 0 Å². The van der Waals surface area contributed by atoms with Crippen LogP contribution in [0.5, 0.6) is 5.75 Å². The maximum absolute atomic E-state index is 6.29. The van der Waals surface area contributed by atoms with Crippen molar-refractivity contribution in [2.24, 2.45) is 0 Å². The molecule has 21 heavy (non-hydrogen) atoms. The summed E-state index contributed by atoms with van der Waals surface area (Å²) in [6.45, 7) is 5.02. The lowest BCUT2D eigenvalue weighted by Gasteiger charge is -2.21. The molecular weight excluding hydrogens is 282 g/mol. The first-order chi connectivity index (χ1) is 10.1. The average Bonchev–Trinajstić information content (AvgIpc) is 2.91. The van der Waals surface area contributed by atoms with Crippen LogP contribution in [0.25, 0.3) is 0 Å². The van der Waals surface area contributed by atoms with Crippen LogP contribution in [0.2, 0.25) is 5.02 Å². The Kier molecular flexibility index (Phi) is 3.92. The molecule has 1 aliphatic rings. The highest BCUT2D eigenvalue weighted by Crippen LogP contribution is 2.38. The summed E-state index contributed by atoms with van der Waals surface area (Å²) in [5, 5.41) is 4.18. The monoisotopic (exact) mass is 301 g/mol. The van der Waals surface area contributed by atoms with E-state index in [0.717, 1.165) is 29.4 Å². The third kappa shape index (κ3) is 2.66. The molecule has 0 saturated heterocycles. The zero-order chi connectivity index (χ0) is 15.0. The highest BCUT2D eigenvalue weighted by atomic mass is 35.5. The maximum Gasteiger partial charge on any atom is 0.127 e. The summed E-state index contributed by atoms with van der Waals surface area (Å²) >= 11 is 6.29. The van der Waals surface area contributed by atoms with Crippen LogP contribution >= 0.6 is 11.6 Å². The Hall–Kier alpha value is -1.51. The van der Waals surface area contributed by atoms with Gasteiger partial charge in [0.2, 0.25) is 0 Å². The number of nitrogens with one attached hydrogen (secondary N) is 1. The van der Waals surface area contributed by atoms with Crippen molar-refractivity contribution < 1.29 is 4.74 Å². The molecule has 3 heteroatoms. The Morgan fingerprint density at radius 1 is 1.14 bits per heavy atom. The third-order valence-corrected chi connectivity index (χ3v) is 4.46. The molecule has 0 amide bonds. The smallest absolute Gasteiger partial charge is 0.127 e. The minimum absolute atomic E-state index is 0.0925. The molecule has 0 aliphatic carbocycles. The van der Waals surface area contributed by atoms with Crippen molar-refractivity contribution in [1.29, 1.82) is 0 Å². The highest BCUT2D eigenvalue weighted by Gasteiger charge is 2.23. The van der Waals surface area contributed by atoms with E-state index >= 15 is 0 Å². The normalized spacial score (nSPS) is 14.7. The Morgan fingerprint density at radius 3 is 2.67 bits per heavy atom. The van der Waals surface area contributed by atoms with Gasteiger partial charge in [-0.1, -0.05) is 29.8 Å². The fourth-order valence-electron chi connectivity index (χ4n) is 2.96. The van der Waals surface area contributed by atoms with E-state index in [-0.39, 0.29) is 6.04 Å². The van der Waals surface area contributed by atoms with E-state index < -0.39 is 0 Å². The average molecular weight is 302 g/mol. The second-order valence-corrected chi connectivity index (χ2v) is 6.08. The van der Waals surface area contributed by atoms with Gasteiger partial charge in [0.15, 0.2) is 0 Å². The van der Waals surface area contributed by atoms with Gasteiger partial charge in [0.1, 0.15) is 5.75 Å². The summed E-state index contributed by atoms with van der Waals surface area (Å²) in [7, 11) is 1.97. The first-order valence-corrected chi connectivity index (χ1v) is 7.67. The van der Waals surface area contributed by atoms with Crippen LogP contribution in [-0.2, 0) is 6.42 Å². The molecule has 3 rings (SSSR count). The van der Waals surface area contributed by atoms with E-state index in [4.69, 9.17) is 16.3 Å². The van der Waals surface area contributed by atoms with Gasteiger partial charge in [-0.25, -0.2) is 0 Å². The maximum atomic E-state index is 6.29. The number of benzene rings is 2. The molecule has 1 aliphatic heterocycles. The van der Waals surface area contributed by atoms with Crippen LogP contribution < -0.4 is 10.1 Å². The van der Waals surface area contributed by atoms with E-state index in [2.05, 4.69) is 37.4 Å². The molecule has 1 atom stereocenters. The molecule has 2 nitrogen and oxygen atoms in total. The standard InChI is InChI=1S/C18H20ClNO/c1-11-4-5-13(8-12(11)2)17(20-3)16-10-15(19)9-14-6-7-21-18(14)16/h4-5,8-10,17,20H,6-7H2,1-3H3. The predicted octanol–water partition coefficient (Wildman–Crippen LogP) is 4.20. The van der Waals surface area contributed by atoms with Crippen LogP contribution in [0.1, 0.15) is 33.9 Å². The van der Waals surface area contributed by atoms with Crippen molar-refractivity contribution in [3.63, 3.8) is 0 Å². The van der Waals surface area contributed by atoms with Gasteiger partial charge in [-0.05, 0) is 55.3 Å². The van der Waals surface area contributed by atoms with Crippen molar-refractivity contribution in [3.8, 4) is 5.75 Å². The number of aryl methyl sites for hydroxylation is 2. The molecule has 110 valence electrons. The summed E-state index contributed by atoms with van der Waals surface area (Å²) in [6, 6.07) is 10.7. The van der Waals surface area contributed by atoms with Gasteiger partial charge in [-0.2, -0.15) is 0 Å². The second-order valence-electron chi connectivity index (χ2n) is 5.65.